The molecule has 1 aromatic carbocycles. The van der Waals surface area contributed by atoms with Crippen LogP contribution in [0, 0.1) is 13.8 Å². The van der Waals surface area contributed by atoms with Crippen molar-refractivity contribution in [1.82, 2.24) is 9.97 Å². The molecular formula is C15H18N2O. The first kappa shape index (κ1) is 12.6. The molecule has 1 N–H and O–H groups in total. The number of hydrogen-bond acceptors (Lipinski definition) is 2. The molecule has 18 heavy (non-hydrogen) atoms. The van der Waals surface area contributed by atoms with Gasteiger partial charge in [0.05, 0.1) is 0 Å². The molecule has 0 radical (unpaired) electrons. The zero-order valence-electron chi connectivity index (χ0n) is 11.1. The normalized spacial score (nSPS) is 10.6. The Morgan fingerprint density at radius 1 is 1.17 bits per heavy atom. The first-order valence-electron chi connectivity index (χ1n) is 6.23. The largest absolute Gasteiger partial charge is 0.310 e. The van der Waals surface area contributed by atoms with Gasteiger partial charge in [0.2, 0.25) is 0 Å². The zero-order chi connectivity index (χ0) is 13.1. The highest BCUT2D eigenvalue weighted by molar-refractivity contribution is 5.31. The predicted octanol–water partition coefficient (Wildman–Crippen LogP) is 2.54. The third-order valence-electron chi connectivity index (χ3n) is 3.15. The Kier molecular flexibility index (Phi) is 3.60. The monoisotopic (exact) mass is 242 g/mol. The Labute approximate surface area is 107 Å². The highest BCUT2D eigenvalue weighted by atomic mass is 16.1. The molecule has 0 fully saturated rings. The number of aromatic nitrogens is 2. The van der Waals surface area contributed by atoms with Gasteiger partial charge in [-0.1, -0.05) is 25.1 Å². The summed E-state index contributed by atoms with van der Waals surface area (Å²) >= 11 is 0. The smallest absolute Gasteiger partial charge is 0.251 e. The quantitative estimate of drug-likeness (QED) is 0.899. The standard InChI is InChI=1S/C15H18N2O/c1-4-13-9-15(18)17-14(16-13)8-12-6-5-10(2)11(3)7-12/h5-7,9H,4,8H2,1-3H3,(H,16,17,18). The fourth-order valence-electron chi connectivity index (χ4n) is 1.93. The maximum atomic E-state index is 11.5. The summed E-state index contributed by atoms with van der Waals surface area (Å²) in [5.41, 5.74) is 4.50. The zero-order valence-corrected chi connectivity index (χ0v) is 11.1. The second kappa shape index (κ2) is 5.17. The number of aryl methyl sites for hydroxylation is 3. The third-order valence-corrected chi connectivity index (χ3v) is 3.15. The second-order valence-corrected chi connectivity index (χ2v) is 4.63. The molecule has 0 spiro atoms. The molecule has 0 bridgehead atoms. The minimum atomic E-state index is -0.0688. The molecule has 2 aromatic rings. The molecule has 0 atom stereocenters. The summed E-state index contributed by atoms with van der Waals surface area (Å²) in [6.07, 6.45) is 1.45. The van der Waals surface area contributed by atoms with Crippen LogP contribution in [-0.4, -0.2) is 9.97 Å². The first-order chi connectivity index (χ1) is 8.58. The molecular weight excluding hydrogens is 224 g/mol. The van der Waals surface area contributed by atoms with E-state index in [2.05, 4.69) is 42.0 Å². The molecule has 0 aliphatic carbocycles. The Balaban J connectivity index is 2.30. The van der Waals surface area contributed by atoms with Gasteiger partial charge in [0, 0.05) is 18.2 Å². The molecule has 1 aromatic heterocycles. The molecule has 0 saturated heterocycles. The molecule has 0 aliphatic heterocycles. The van der Waals surface area contributed by atoms with Gasteiger partial charge in [0.15, 0.2) is 0 Å². The lowest BCUT2D eigenvalue weighted by atomic mass is 10.0. The van der Waals surface area contributed by atoms with E-state index in [1.807, 2.05) is 6.92 Å². The number of benzene rings is 1. The summed E-state index contributed by atoms with van der Waals surface area (Å²) in [7, 11) is 0. The SMILES string of the molecule is CCc1cc(=O)[nH]c(Cc2ccc(C)c(C)c2)n1. The van der Waals surface area contributed by atoms with E-state index in [9.17, 15) is 4.79 Å². The van der Waals surface area contributed by atoms with Gasteiger partial charge in [-0.2, -0.15) is 0 Å². The van der Waals surface area contributed by atoms with Crippen molar-refractivity contribution in [2.45, 2.75) is 33.6 Å². The molecule has 2 rings (SSSR count). The lowest BCUT2D eigenvalue weighted by Crippen LogP contribution is -2.12. The average Bonchev–Trinajstić information content (AvgIpc) is 2.33. The van der Waals surface area contributed by atoms with Gasteiger partial charge >= 0.3 is 0 Å². The average molecular weight is 242 g/mol. The van der Waals surface area contributed by atoms with Crippen LogP contribution in [0.25, 0.3) is 0 Å². The Morgan fingerprint density at radius 2 is 1.94 bits per heavy atom. The van der Waals surface area contributed by atoms with Crippen molar-refractivity contribution in [3.8, 4) is 0 Å². The van der Waals surface area contributed by atoms with Gasteiger partial charge in [-0.25, -0.2) is 4.98 Å². The summed E-state index contributed by atoms with van der Waals surface area (Å²) < 4.78 is 0. The van der Waals surface area contributed by atoms with E-state index in [4.69, 9.17) is 0 Å². The number of nitrogens with one attached hydrogen (secondary N) is 1. The molecule has 1 heterocycles. The molecule has 3 heteroatoms. The summed E-state index contributed by atoms with van der Waals surface area (Å²) in [5.74, 6) is 0.739. The summed E-state index contributed by atoms with van der Waals surface area (Å²) in [6, 6.07) is 7.89. The first-order valence-corrected chi connectivity index (χ1v) is 6.23. The third kappa shape index (κ3) is 2.86. The fourth-order valence-corrected chi connectivity index (χ4v) is 1.93. The highest BCUT2D eigenvalue weighted by Crippen LogP contribution is 2.12. The fraction of sp³-hybridized carbons (Fsp3) is 0.333. The predicted molar refractivity (Wildman–Crippen MR) is 73.0 cm³/mol. The van der Waals surface area contributed by atoms with Gasteiger partial charge in [0.1, 0.15) is 5.82 Å². The molecule has 3 nitrogen and oxygen atoms in total. The van der Waals surface area contributed by atoms with E-state index in [-0.39, 0.29) is 5.56 Å². The highest BCUT2D eigenvalue weighted by Gasteiger charge is 2.03. The maximum absolute atomic E-state index is 11.5. The molecule has 0 saturated carbocycles. The lowest BCUT2D eigenvalue weighted by Gasteiger charge is -2.06. The maximum Gasteiger partial charge on any atom is 0.251 e. The molecule has 0 amide bonds. The van der Waals surface area contributed by atoms with Gasteiger partial charge in [-0.05, 0) is 37.0 Å². The van der Waals surface area contributed by atoms with Crippen LogP contribution in [0.15, 0.2) is 29.1 Å². The van der Waals surface area contributed by atoms with Gasteiger partial charge in [0.25, 0.3) is 5.56 Å². The van der Waals surface area contributed by atoms with E-state index in [1.54, 1.807) is 6.07 Å². The minimum Gasteiger partial charge on any atom is -0.310 e. The van der Waals surface area contributed by atoms with Crippen molar-refractivity contribution >= 4 is 0 Å². The Bertz CT molecular complexity index is 614. The molecule has 94 valence electrons. The van der Waals surface area contributed by atoms with E-state index in [0.717, 1.165) is 17.9 Å². The summed E-state index contributed by atoms with van der Waals surface area (Å²) in [6.45, 7) is 6.19. The number of nitrogens with zero attached hydrogens (tertiary/aromatic N) is 1. The second-order valence-electron chi connectivity index (χ2n) is 4.63. The van der Waals surface area contributed by atoms with E-state index in [1.165, 1.54) is 16.7 Å². The van der Waals surface area contributed by atoms with Crippen molar-refractivity contribution in [3.05, 3.63) is 62.8 Å². The van der Waals surface area contributed by atoms with Crippen LogP contribution in [0.1, 0.15) is 35.1 Å². The van der Waals surface area contributed by atoms with Crippen molar-refractivity contribution in [2.75, 3.05) is 0 Å². The Hall–Kier alpha value is -1.90. The topological polar surface area (TPSA) is 45.8 Å². The number of aromatic amines is 1. The summed E-state index contributed by atoms with van der Waals surface area (Å²) in [5, 5.41) is 0. The number of H-pyrrole nitrogens is 1. The van der Waals surface area contributed by atoms with E-state index < -0.39 is 0 Å². The van der Waals surface area contributed by atoms with Crippen molar-refractivity contribution in [2.24, 2.45) is 0 Å². The van der Waals surface area contributed by atoms with E-state index in [0.29, 0.717) is 6.42 Å². The van der Waals surface area contributed by atoms with Gasteiger partial charge in [-0.15, -0.1) is 0 Å². The van der Waals surface area contributed by atoms with E-state index >= 15 is 0 Å². The minimum absolute atomic E-state index is 0.0688. The van der Waals surface area contributed by atoms with Crippen LogP contribution >= 0.6 is 0 Å². The van der Waals surface area contributed by atoms with Crippen LogP contribution in [-0.2, 0) is 12.8 Å². The van der Waals surface area contributed by atoms with Crippen LogP contribution in [0.4, 0.5) is 0 Å². The van der Waals surface area contributed by atoms with Crippen LogP contribution in [0.5, 0.6) is 0 Å². The van der Waals surface area contributed by atoms with Gasteiger partial charge in [-0.3, -0.25) is 4.79 Å². The van der Waals surface area contributed by atoms with Crippen LogP contribution in [0.3, 0.4) is 0 Å². The Morgan fingerprint density at radius 3 is 2.61 bits per heavy atom. The van der Waals surface area contributed by atoms with Crippen molar-refractivity contribution in [3.63, 3.8) is 0 Å². The summed E-state index contributed by atoms with van der Waals surface area (Å²) in [4.78, 5) is 18.7. The van der Waals surface area contributed by atoms with Crippen LogP contribution in [0.2, 0.25) is 0 Å². The molecule has 0 aliphatic rings. The number of rotatable bonds is 3. The van der Waals surface area contributed by atoms with Gasteiger partial charge < -0.3 is 4.98 Å². The lowest BCUT2D eigenvalue weighted by molar-refractivity contribution is 0.887. The van der Waals surface area contributed by atoms with Crippen molar-refractivity contribution < 1.29 is 0 Å². The molecule has 0 unspecified atom stereocenters. The van der Waals surface area contributed by atoms with Crippen molar-refractivity contribution in [1.29, 1.82) is 0 Å². The van der Waals surface area contributed by atoms with Crippen LogP contribution < -0.4 is 5.56 Å². The number of hydrogen-bond donors (Lipinski definition) is 1.